The summed E-state index contributed by atoms with van der Waals surface area (Å²) in [6.45, 7) is 1.99. The van der Waals surface area contributed by atoms with Crippen LogP contribution in [0.5, 0.6) is 0 Å². The molecule has 0 unspecified atom stereocenters. The molecular formula is C17H15Cl2N3O2S2. The van der Waals surface area contributed by atoms with Gasteiger partial charge in [-0.15, -0.1) is 0 Å². The molecule has 0 spiro atoms. The number of hydrogen-bond donors (Lipinski definition) is 1. The van der Waals surface area contributed by atoms with Crippen LogP contribution < -0.4 is 5.32 Å². The number of nitrogens with one attached hydrogen (secondary N) is 1. The second kappa shape index (κ2) is 8.17. The molecule has 3 rings (SSSR count). The molecule has 136 valence electrons. The minimum atomic E-state index is -3.71. The number of benzene rings is 2. The van der Waals surface area contributed by atoms with Crippen molar-refractivity contribution in [1.29, 1.82) is 5.26 Å². The molecule has 5 nitrogen and oxygen atoms in total. The van der Waals surface area contributed by atoms with Crippen molar-refractivity contribution in [1.82, 2.24) is 9.62 Å². The van der Waals surface area contributed by atoms with Gasteiger partial charge in [-0.05, 0) is 36.4 Å². The van der Waals surface area contributed by atoms with Gasteiger partial charge in [-0.2, -0.15) is 9.57 Å². The predicted octanol–water partition coefficient (Wildman–Crippen LogP) is 3.61. The Kier molecular flexibility index (Phi) is 6.13. The number of hydrogen-bond acceptors (Lipinski definition) is 5. The van der Waals surface area contributed by atoms with Gasteiger partial charge in [0, 0.05) is 46.0 Å². The Hall–Kier alpha value is -1.27. The van der Waals surface area contributed by atoms with Crippen LogP contribution >= 0.6 is 35.0 Å². The van der Waals surface area contributed by atoms with Gasteiger partial charge >= 0.3 is 0 Å². The molecular weight excluding hydrogens is 413 g/mol. The van der Waals surface area contributed by atoms with Gasteiger partial charge in [-0.1, -0.05) is 35.0 Å². The van der Waals surface area contributed by atoms with Crippen LogP contribution in [0.2, 0.25) is 10.0 Å². The summed E-state index contributed by atoms with van der Waals surface area (Å²) in [6.07, 6.45) is 0. The van der Waals surface area contributed by atoms with Gasteiger partial charge in [0.05, 0.1) is 16.5 Å². The number of nitriles is 1. The second-order valence-electron chi connectivity index (χ2n) is 5.63. The van der Waals surface area contributed by atoms with E-state index in [9.17, 15) is 13.7 Å². The van der Waals surface area contributed by atoms with Crippen LogP contribution in [0.25, 0.3) is 0 Å². The lowest BCUT2D eigenvalue weighted by atomic mass is 10.2. The molecule has 0 aliphatic carbocycles. The molecule has 0 atom stereocenters. The van der Waals surface area contributed by atoms with Gasteiger partial charge in [-0.3, -0.25) is 0 Å². The zero-order chi connectivity index (χ0) is 18.7. The molecule has 0 saturated carbocycles. The highest BCUT2D eigenvalue weighted by Gasteiger charge is 2.29. The summed E-state index contributed by atoms with van der Waals surface area (Å²) < 4.78 is 27.7. The molecule has 1 fully saturated rings. The largest absolute Gasteiger partial charge is 0.314 e. The second-order valence-corrected chi connectivity index (χ2v) is 9.53. The standard InChI is InChI=1S/C17H15Cl2N3O2S2/c18-13-8-14(19)10-15(9-13)25-16-2-1-12(11-20)7-17(16)26(23,24)22-5-3-21-4-6-22/h1-2,7-10,21H,3-6H2. The van der Waals surface area contributed by atoms with E-state index >= 15 is 0 Å². The maximum Gasteiger partial charge on any atom is 0.244 e. The molecule has 2 aromatic carbocycles. The van der Waals surface area contributed by atoms with Gasteiger partial charge in [0.2, 0.25) is 10.0 Å². The maximum absolute atomic E-state index is 13.1. The van der Waals surface area contributed by atoms with E-state index in [1.54, 1.807) is 30.3 Å². The third-order valence-electron chi connectivity index (χ3n) is 3.83. The van der Waals surface area contributed by atoms with Crippen molar-refractivity contribution in [2.24, 2.45) is 0 Å². The van der Waals surface area contributed by atoms with Crippen molar-refractivity contribution >= 4 is 45.0 Å². The van der Waals surface area contributed by atoms with E-state index in [1.165, 1.54) is 22.1 Å². The average molecular weight is 428 g/mol. The molecule has 0 bridgehead atoms. The molecule has 0 amide bonds. The summed E-state index contributed by atoms with van der Waals surface area (Å²) in [7, 11) is -3.71. The van der Waals surface area contributed by atoms with Crippen molar-refractivity contribution in [2.75, 3.05) is 26.2 Å². The van der Waals surface area contributed by atoms with E-state index in [2.05, 4.69) is 5.32 Å². The summed E-state index contributed by atoms with van der Waals surface area (Å²) >= 11 is 13.3. The molecule has 0 aromatic heterocycles. The lowest BCUT2D eigenvalue weighted by Gasteiger charge is -2.27. The van der Waals surface area contributed by atoms with Crippen molar-refractivity contribution in [2.45, 2.75) is 14.7 Å². The van der Waals surface area contributed by atoms with Crippen LogP contribution in [0.3, 0.4) is 0 Å². The van der Waals surface area contributed by atoms with Crippen molar-refractivity contribution < 1.29 is 8.42 Å². The lowest BCUT2D eigenvalue weighted by molar-refractivity contribution is 0.359. The van der Waals surface area contributed by atoms with E-state index in [-0.39, 0.29) is 4.90 Å². The lowest BCUT2D eigenvalue weighted by Crippen LogP contribution is -2.46. The van der Waals surface area contributed by atoms with E-state index < -0.39 is 10.0 Å². The third-order valence-corrected chi connectivity index (χ3v) is 7.38. The van der Waals surface area contributed by atoms with E-state index in [0.29, 0.717) is 46.7 Å². The highest BCUT2D eigenvalue weighted by Crippen LogP contribution is 2.37. The molecule has 1 aliphatic heterocycles. The van der Waals surface area contributed by atoms with Crippen LogP contribution in [-0.4, -0.2) is 38.9 Å². The van der Waals surface area contributed by atoms with Crippen LogP contribution in [0.1, 0.15) is 5.56 Å². The minimum Gasteiger partial charge on any atom is -0.314 e. The molecule has 26 heavy (non-hydrogen) atoms. The van der Waals surface area contributed by atoms with Crippen molar-refractivity contribution in [3.8, 4) is 6.07 Å². The van der Waals surface area contributed by atoms with E-state index in [1.807, 2.05) is 6.07 Å². The molecule has 0 radical (unpaired) electrons. The highest BCUT2D eigenvalue weighted by atomic mass is 35.5. The summed E-state index contributed by atoms with van der Waals surface area (Å²) in [4.78, 5) is 1.38. The highest BCUT2D eigenvalue weighted by molar-refractivity contribution is 8.00. The van der Waals surface area contributed by atoms with Crippen LogP contribution in [0.4, 0.5) is 0 Å². The summed E-state index contributed by atoms with van der Waals surface area (Å²) in [5.41, 5.74) is 0.298. The van der Waals surface area contributed by atoms with Gasteiger partial charge in [0.15, 0.2) is 0 Å². The molecule has 1 aliphatic rings. The number of sulfonamides is 1. The zero-order valence-electron chi connectivity index (χ0n) is 13.6. The SMILES string of the molecule is N#Cc1ccc(Sc2cc(Cl)cc(Cl)c2)c(S(=O)(=O)N2CCNCC2)c1. The fourth-order valence-corrected chi connectivity index (χ4v) is 6.16. The number of rotatable bonds is 4. The van der Waals surface area contributed by atoms with Crippen LogP contribution in [0, 0.1) is 11.3 Å². The maximum atomic E-state index is 13.1. The Morgan fingerprint density at radius 3 is 2.35 bits per heavy atom. The smallest absolute Gasteiger partial charge is 0.244 e. The summed E-state index contributed by atoms with van der Waals surface area (Å²) in [6, 6.07) is 11.7. The van der Waals surface area contributed by atoms with Crippen LogP contribution in [-0.2, 0) is 10.0 Å². The van der Waals surface area contributed by atoms with Gasteiger partial charge < -0.3 is 5.32 Å². The topological polar surface area (TPSA) is 73.2 Å². The van der Waals surface area contributed by atoms with E-state index in [4.69, 9.17) is 23.2 Å². The first kappa shape index (κ1) is 19.5. The number of piperazine rings is 1. The molecule has 9 heteroatoms. The Bertz CT molecular complexity index is 948. The van der Waals surface area contributed by atoms with E-state index in [0.717, 1.165) is 4.90 Å². The number of nitrogens with zero attached hydrogens (tertiary/aromatic N) is 2. The Labute approximate surface area is 167 Å². The Morgan fingerprint density at radius 1 is 1.08 bits per heavy atom. The molecule has 2 aromatic rings. The van der Waals surface area contributed by atoms with Crippen LogP contribution in [0.15, 0.2) is 51.1 Å². The van der Waals surface area contributed by atoms with Crippen molar-refractivity contribution in [3.63, 3.8) is 0 Å². The fraction of sp³-hybridized carbons (Fsp3) is 0.235. The molecule has 1 saturated heterocycles. The summed E-state index contributed by atoms with van der Waals surface area (Å²) in [5.74, 6) is 0. The summed E-state index contributed by atoms with van der Waals surface area (Å²) in [5, 5.41) is 13.3. The first-order valence-corrected chi connectivity index (χ1v) is 10.8. The minimum absolute atomic E-state index is 0.125. The molecule has 1 N–H and O–H groups in total. The van der Waals surface area contributed by atoms with Gasteiger partial charge in [0.25, 0.3) is 0 Å². The average Bonchev–Trinajstić information content (AvgIpc) is 2.62. The number of halogens is 2. The first-order chi connectivity index (χ1) is 12.4. The monoisotopic (exact) mass is 427 g/mol. The Morgan fingerprint density at radius 2 is 1.73 bits per heavy atom. The fourth-order valence-electron chi connectivity index (χ4n) is 2.60. The van der Waals surface area contributed by atoms with Gasteiger partial charge in [0.1, 0.15) is 0 Å². The quantitative estimate of drug-likeness (QED) is 0.806. The van der Waals surface area contributed by atoms with Gasteiger partial charge in [-0.25, -0.2) is 8.42 Å². The van der Waals surface area contributed by atoms with Crippen molar-refractivity contribution in [3.05, 3.63) is 52.0 Å². The zero-order valence-corrected chi connectivity index (χ0v) is 16.7. The first-order valence-electron chi connectivity index (χ1n) is 7.79. The third kappa shape index (κ3) is 4.34. The normalized spacial score (nSPS) is 15.6. The molecule has 1 heterocycles. The Balaban J connectivity index is 2.04. The predicted molar refractivity (Wildman–Crippen MR) is 103 cm³/mol.